The predicted octanol–water partition coefficient (Wildman–Crippen LogP) is 4.02. The Morgan fingerprint density at radius 1 is 1.16 bits per heavy atom. The minimum Gasteiger partial charge on any atom is -0.357 e. The summed E-state index contributed by atoms with van der Waals surface area (Å²) in [5.74, 6) is 0. The van der Waals surface area contributed by atoms with Crippen LogP contribution in [0.15, 0.2) is 48.5 Å². The molecule has 2 aromatic carbocycles. The molecule has 0 atom stereocenters. The maximum atomic E-state index is 12.6. The number of hydrogen-bond acceptors (Lipinski definition) is 2. The van der Waals surface area contributed by atoms with Crippen molar-refractivity contribution in [3.63, 3.8) is 0 Å². The normalized spacial score (nSPS) is 13.8. The second-order valence-corrected chi connectivity index (χ2v) is 6.27. The fourth-order valence-corrected chi connectivity index (χ4v) is 3.40. The number of para-hydroxylation sites is 1. The van der Waals surface area contributed by atoms with Crippen molar-refractivity contribution >= 4 is 22.6 Å². The van der Waals surface area contributed by atoms with Crippen molar-refractivity contribution in [2.24, 2.45) is 0 Å². The van der Waals surface area contributed by atoms with E-state index in [0.717, 1.165) is 30.6 Å². The third-order valence-electron chi connectivity index (χ3n) is 4.66. The molecule has 0 unspecified atom stereocenters. The molecule has 0 aliphatic carbocycles. The number of nitrogens with zero attached hydrogens (tertiary/aromatic N) is 2. The number of aromatic nitrogens is 1. The van der Waals surface area contributed by atoms with E-state index >= 15 is 0 Å². The molecule has 1 aliphatic heterocycles. The van der Waals surface area contributed by atoms with E-state index < -0.39 is 0 Å². The van der Waals surface area contributed by atoms with E-state index in [1.165, 1.54) is 10.9 Å². The number of nitriles is 1. The molecular weight excluding hydrogens is 312 g/mol. The van der Waals surface area contributed by atoms with E-state index in [-0.39, 0.29) is 6.03 Å². The van der Waals surface area contributed by atoms with Gasteiger partial charge < -0.3 is 15.2 Å². The lowest BCUT2D eigenvalue weighted by Gasteiger charge is -2.21. The molecule has 3 aromatic rings. The number of H-pyrrole nitrogens is 1. The number of aryl methyl sites for hydroxylation is 1. The summed E-state index contributed by atoms with van der Waals surface area (Å²) in [6, 6.07) is 17.2. The minimum atomic E-state index is -0.115. The number of benzene rings is 2. The van der Waals surface area contributed by atoms with Gasteiger partial charge in [-0.3, -0.25) is 0 Å². The summed E-state index contributed by atoms with van der Waals surface area (Å²) in [6.07, 6.45) is 1.91. The Bertz CT molecular complexity index is 966. The lowest BCUT2D eigenvalue weighted by Crippen LogP contribution is -2.34. The monoisotopic (exact) mass is 330 g/mol. The Morgan fingerprint density at radius 3 is 2.76 bits per heavy atom. The van der Waals surface area contributed by atoms with Crippen LogP contribution in [-0.2, 0) is 13.0 Å². The van der Waals surface area contributed by atoms with E-state index in [4.69, 9.17) is 5.26 Å². The highest BCUT2D eigenvalue weighted by atomic mass is 16.2. The highest BCUT2D eigenvalue weighted by Gasteiger charge is 2.22. The Morgan fingerprint density at radius 2 is 1.96 bits per heavy atom. The molecule has 0 radical (unpaired) electrons. The molecule has 25 heavy (non-hydrogen) atoms. The van der Waals surface area contributed by atoms with Crippen molar-refractivity contribution < 1.29 is 4.79 Å². The third kappa shape index (κ3) is 2.94. The van der Waals surface area contributed by atoms with Crippen LogP contribution >= 0.6 is 0 Å². The molecule has 0 spiro atoms. The summed E-state index contributed by atoms with van der Waals surface area (Å²) in [5.41, 5.74) is 4.85. The fourth-order valence-electron chi connectivity index (χ4n) is 3.40. The van der Waals surface area contributed by atoms with Gasteiger partial charge in [-0.25, -0.2) is 4.79 Å². The summed E-state index contributed by atoms with van der Waals surface area (Å²) in [5, 5.41) is 13.0. The average molecular weight is 330 g/mol. The van der Waals surface area contributed by atoms with Gasteiger partial charge in [0.05, 0.1) is 18.2 Å². The number of amides is 2. The van der Waals surface area contributed by atoms with Crippen LogP contribution in [0.2, 0.25) is 0 Å². The maximum absolute atomic E-state index is 12.6. The molecule has 124 valence electrons. The van der Waals surface area contributed by atoms with Crippen LogP contribution < -0.4 is 5.32 Å². The standard InChI is InChI=1S/C20H18N4O/c21-12-14-7-9-15(10-8-14)22-20(25)24-11-3-5-17-16-4-1-2-6-18(16)23-19(17)13-24/h1-2,4,6-10,23H,3,5,11,13H2,(H,22,25). The maximum Gasteiger partial charge on any atom is 0.322 e. The Kier molecular flexibility index (Phi) is 3.87. The average Bonchev–Trinajstić information content (AvgIpc) is 2.85. The van der Waals surface area contributed by atoms with E-state index in [1.807, 2.05) is 11.0 Å². The Labute approximate surface area is 145 Å². The molecule has 1 aromatic heterocycles. The first-order valence-corrected chi connectivity index (χ1v) is 8.39. The summed E-state index contributed by atoms with van der Waals surface area (Å²) < 4.78 is 0. The number of nitrogens with one attached hydrogen (secondary N) is 2. The van der Waals surface area contributed by atoms with Gasteiger partial charge in [-0.15, -0.1) is 0 Å². The van der Waals surface area contributed by atoms with E-state index in [9.17, 15) is 4.79 Å². The zero-order chi connectivity index (χ0) is 17.2. The zero-order valence-corrected chi connectivity index (χ0v) is 13.7. The van der Waals surface area contributed by atoms with Crippen LogP contribution in [-0.4, -0.2) is 22.5 Å². The second kappa shape index (κ2) is 6.33. The van der Waals surface area contributed by atoms with Gasteiger partial charge in [0, 0.05) is 28.8 Å². The van der Waals surface area contributed by atoms with E-state index in [0.29, 0.717) is 17.8 Å². The number of anilines is 1. The number of rotatable bonds is 1. The first-order valence-electron chi connectivity index (χ1n) is 8.39. The molecule has 2 N–H and O–H groups in total. The van der Waals surface area contributed by atoms with Crippen LogP contribution in [0.4, 0.5) is 10.5 Å². The minimum absolute atomic E-state index is 0.115. The third-order valence-corrected chi connectivity index (χ3v) is 4.66. The SMILES string of the molecule is N#Cc1ccc(NC(=O)N2CCCc3c([nH]c4ccccc34)C2)cc1. The molecule has 0 saturated carbocycles. The van der Waals surface area contributed by atoms with Gasteiger partial charge in [-0.1, -0.05) is 18.2 Å². The Hall–Kier alpha value is -3.26. The van der Waals surface area contributed by atoms with Crippen molar-refractivity contribution in [1.29, 1.82) is 5.26 Å². The van der Waals surface area contributed by atoms with Crippen LogP contribution in [0.5, 0.6) is 0 Å². The number of urea groups is 1. The van der Waals surface area contributed by atoms with Gasteiger partial charge in [0.2, 0.25) is 0 Å². The molecule has 1 aliphatic rings. The van der Waals surface area contributed by atoms with Gasteiger partial charge in [0.25, 0.3) is 0 Å². The smallest absolute Gasteiger partial charge is 0.322 e. The van der Waals surface area contributed by atoms with Crippen molar-refractivity contribution in [2.75, 3.05) is 11.9 Å². The van der Waals surface area contributed by atoms with Gasteiger partial charge in [-0.2, -0.15) is 5.26 Å². The number of hydrogen-bond donors (Lipinski definition) is 2. The quantitative estimate of drug-likeness (QED) is 0.707. The van der Waals surface area contributed by atoms with E-state index in [1.54, 1.807) is 24.3 Å². The van der Waals surface area contributed by atoms with Crippen LogP contribution in [0.3, 0.4) is 0 Å². The molecule has 0 saturated heterocycles. The molecule has 5 heteroatoms. The summed E-state index contributed by atoms with van der Waals surface area (Å²) in [7, 11) is 0. The van der Waals surface area contributed by atoms with E-state index in [2.05, 4.69) is 34.6 Å². The first-order chi connectivity index (χ1) is 12.2. The highest BCUT2D eigenvalue weighted by molar-refractivity contribution is 5.90. The van der Waals surface area contributed by atoms with Gasteiger partial charge in [-0.05, 0) is 48.7 Å². The summed E-state index contributed by atoms with van der Waals surface area (Å²) >= 11 is 0. The van der Waals surface area contributed by atoms with Crippen LogP contribution in [0, 0.1) is 11.3 Å². The van der Waals surface area contributed by atoms with Crippen molar-refractivity contribution in [1.82, 2.24) is 9.88 Å². The zero-order valence-electron chi connectivity index (χ0n) is 13.7. The summed E-state index contributed by atoms with van der Waals surface area (Å²) in [6.45, 7) is 1.30. The molecule has 0 bridgehead atoms. The van der Waals surface area contributed by atoms with Gasteiger partial charge in [0.1, 0.15) is 0 Å². The van der Waals surface area contributed by atoms with Gasteiger partial charge in [0.15, 0.2) is 0 Å². The van der Waals surface area contributed by atoms with Crippen LogP contribution in [0.1, 0.15) is 23.2 Å². The fraction of sp³-hybridized carbons (Fsp3) is 0.200. The Balaban J connectivity index is 1.54. The van der Waals surface area contributed by atoms with Crippen molar-refractivity contribution in [2.45, 2.75) is 19.4 Å². The van der Waals surface area contributed by atoms with Crippen molar-refractivity contribution in [3.05, 3.63) is 65.4 Å². The predicted molar refractivity (Wildman–Crippen MR) is 97.2 cm³/mol. The molecule has 0 fully saturated rings. The van der Waals surface area contributed by atoms with Crippen LogP contribution in [0.25, 0.3) is 10.9 Å². The topological polar surface area (TPSA) is 71.9 Å². The second-order valence-electron chi connectivity index (χ2n) is 6.27. The van der Waals surface area contributed by atoms with Crippen molar-refractivity contribution in [3.8, 4) is 6.07 Å². The molecule has 4 rings (SSSR count). The lowest BCUT2D eigenvalue weighted by atomic mass is 10.1. The number of carbonyl (C=O) groups is 1. The number of aromatic amines is 1. The van der Waals surface area contributed by atoms with Gasteiger partial charge >= 0.3 is 6.03 Å². The molecule has 2 amide bonds. The molecular formula is C20H18N4O. The summed E-state index contributed by atoms with van der Waals surface area (Å²) in [4.78, 5) is 17.9. The number of carbonyl (C=O) groups excluding carboxylic acids is 1. The first kappa shape index (κ1) is 15.3. The largest absolute Gasteiger partial charge is 0.357 e. The molecule has 5 nitrogen and oxygen atoms in total. The number of fused-ring (bicyclic) bond motifs is 3. The lowest BCUT2D eigenvalue weighted by molar-refractivity contribution is 0.209. The highest BCUT2D eigenvalue weighted by Crippen LogP contribution is 2.27. The molecule has 2 heterocycles.